The highest BCUT2D eigenvalue weighted by Gasteiger charge is 2.20. The number of guanidine groups is 1. The van der Waals surface area contributed by atoms with Crippen LogP contribution in [0.3, 0.4) is 0 Å². The molecule has 2 heterocycles. The summed E-state index contributed by atoms with van der Waals surface area (Å²) in [6, 6.07) is 11.3. The number of rotatable bonds is 8. The Morgan fingerprint density at radius 1 is 1.00 bits per heavy atom. The van der Waals surface area contributed by atoms with Gasteiger partial charge in [-0.2, -0.15) is 0 Å². The molecule has 5 nitrogen and oxygen atoms in total. The van der Waals surface area contributed by atoms with Gasteiger partial charge in [-0.25, -0.2) is 0 Å². The van der Waals surface area contributed by atoms with Gasteiger partial charge in [0.1, 0.15) is 0 Å². The van der Waals surface area contributed by atoms with Crippen molar-refractivity contribution in [1.82, 2.24) is 20.4 Å². The van der Waals surface area contributed by atoms with Crippen LogP contribution < -0.4 is 10.6 Å². The predicted octanol–water partition coefficient (Wildman–Crippen LogP) is 3.31. The highest BCUT2D eigenvalue weighted by molar-refractivity contribution is 14.0. The van der Waals surface area contributed by atoms with Crippen LogP contribution in [-0.4, -0.2) is 68.1 Å². The standard InChI is InChI=1S/C22H37N5.HI/c1-23-22(24-13-5-6-14-26-15-7-8-16-26)25-21-11-17-27(18-12-21)19-20-9-3-2-4-10-20;/h2-4,9-10,21H,5-8,11-19H2,1H3,(H2,23,24,25);1H. The number of piperidine rings is 1. The third kappa shape index (κ3) is 8.25. The number of nitrogens with one attached hydrogen (secondary N) is 2. The molecule has 3 rings (SSSR count). The maximum atomic E-state index is 4.41. The van der Waals surface area contributed by atoms with Gasteiger partial charge in [-0.3, -0.25) is 9.89 Å². The number of likely N-dealkylation sites (tertiary alicyclic amines) is 2. The lowest BCUT2D eigenvalue weighted by atomic mass is 10.0. The lowest BCUT2D eigenvalue weighted by Crippen LogP contribution is -2.48. The van der Waals surface area contributed by atoms with Crippen molar-refractivity contribution in [3.63, 3.8) is 0 Å². The number of hydrogen-bond acceptors (Lipinski definition) is 3. The number of halogens is 1. The van der Waals surface area contributed by atoms with Crippen LogP contribution in [0.4, 0.5) is 0 Å². The number of aliphatic imine (C=N–C) groups is 1. The summed E-state index contributed by atoms with van der Waals surface area (Å²) in [5.41, 5.74) is 1.41. The van der Waals surface area contributed by atoms with Crippen LogP contribution in [0, 0.1) is 0 Å². The third-order valence-corrected chi connectivity index (χ3v) is 5.79. The van der Waals surface area contributed by atoms with Crippen molar-refractivity contribution in [2.24, 2.45) is 4.99 Å². The van der Waals surface area contributed by atoms with E-state index in [1.54, 1.807) is 0 Å². The van der Waals surface area contributed by atoms with Gasteiger partial charge in [-0.1, -0.05) is 30.3 Å². The van der Waals surface area contributed by atoms with E-state index in [0.29, 0.717) is 6.04 Å². The molecule has 0 saturated carbocycles. The predicted molar refractivity (Wildman–Crippen MR) is 130 cm³/mol. The Bertz CT molecular complexity index is 551. The first-order valence-electron chi connectivity index (χ1n) is 10.8. The molecule has 1 aromatic carbocycles. The lowest BCUT2D eigenvalue weighted by Gasteiger charge is -2.33. The molecule has 0 amide bonds. The fourth-order valence-corrected chi connectivity index (χ4v) is 4.14. The summed E-state index contributed by atoms with van der Waals surface area (Å²) >= 11 is 0. The van der Waals surface area contributed by atoms with Gasteiger partial charge in [0, 0.05) is 39.3 Å². The topological polar surface area (TPSA) is 42.9 Å². The van der Waals surface area contributed by atoms with Gasteiger partial charge in [-0.05, 0) is 63.7 Å². The van der Waals surface area contributed by atoms with Crippen LogP contribution in [0.15, 0.2) is 35.3 Å². The van der Waals surface area contributed by atoms with Gasteiger partial charge in [0.15, 0.2) is 5.96 Å². The third-order valence-electron chi connectivity index (χ3n) is 5.79. The monoisotopic (exact) mass is 499 g/mol. The Morgan fingerprint density at radius 2 is 1.71 bits per heavy atom. The lowest BCUT2D eigenvalue weighted by molar-refractivity contribution is 0.198. The zero-order valence-electron chi connectivity index (χ0n) is 17.4. The minimum absolute atomic E-state index is 0. The van der Waals surface area contributed by atoms with Crippen molar-refractivity contribution < 1.29 is 0 Å². The van der Waals surface area contributed by atoms with Crippen LogP contribution in [0.2, 0.25) is 0 Å². The molecular formula is C22H38IN5. The minimum Gasteiger partial charge on any atom is -0.356 e. The molecule has 0 bridgehead atoms. The Hall–Kier alpha value is -0.860. The van der Waals surface area contributed by atoms with Crippen molar-refractivity contribution in [3.8, 4) is 0 Å². The maximum Gasteiger partial charge on any atom is 0.191 e. The first-order valence-corrected chi connectivity index (χ1v) is 10.8. The van der Waals surface area contributed by atoms with Crippen LogP contribution >= 0.6 is 24.0 Å². The van der Waals surface area contributed by atoms with Crippen molar-refractivity contribution in [1.29, 1.82) is 0 Å². The first-order chi connectivity index (χ1) is 13.3. The molecule has 2 aliphatic rings. The van der Waals surface area contributed by atoms with Crippen LogP contribution in [-0.2, 0) is 6.54 Å². The van der Waals surface area contributed by atoms with Crippen molar-refractivity contribution in [2.45, 2.75) is 51.1 Å². The second kappa shape index (κ2) is 13.4. The molecule has 2 aliphatic heterocycles. The summed E-state index contributed by atoms with van der Waals surface area (Å²) in [5, 5.41) is 7.12. The molecule has 1 aromatic rings. The number of benzene rings is 1. The van der Waals surface area contributed by atoms with E-state index >= 15 is 0 Å². The van der Waals surface area contributed by atoms with Gasteiger partial charge in [0.2, 0.25) is 0 Å². The van der Waals surface area contributed by atoms with E-state index < -0.39 is 0 Å². The SMILES string of the molecule is CN=C(NCCCCN1CCCC1)NC1CCN(Cc2ccccc2)CC1.I. The summed E-state index contributed by atoms with van der Waals surface area (Å²) < 4.78 is 0. The summed E-state index contributed by atoms with van der Waals surface area (Å²) in [5.74, 6) is 0.970. The van der Waals surface area contributed by atoms with E-state index in [2.05, 4.69) is 55.8 Å². The molecule has 158 valence electrons. The van der Waals surface area contributed by atoms with Crippen LogP contribution in [0.25, 0.3) is 0 Å². The molecule has 2 saturated heterocycles. The van der Waals surface area contributed by atoms with Gasteiger partial charge in [-0.15, -0.1) is 24.0 Å². The molecule has 0 spiro atoms. The van der Waals surface area contributed by atoms with Crippen molar-refractivity contribution >= 4 is 29.9 Å². The molecule has 0 unspecified atom stereocenters. The van der Waals surface area contributed by atoms with Gasteiger partial charge < -0.3 is 15.5 Å². The molecule has 0 aliphatic carbocycles. The number of unbranched alkanes of at least 4 members (excludes halogenated alkanes) is 1. The van der Waals surface area contributed by atoms with Gasteiger partial charge in [0.05, 0.1) is 0 Å². The maximum absolute atomic E-state index is 4.41. The van der Waals surface area contributed by atoms with Crippen LogP contribution in [0.1, 0.15) is 44.1 Å². The number of hydrogen-bond donors (Lipinski definition) is 2. The average molecular weight is 499 g/mol. The summed E-state index contributed by atoms with van der Waals surface area (Å²) in [6.07, 6.45) is 7.64. The summed E-state index contributed by atoms with van der Waals surface area (Å²) in [4.78, 5) is 9.57. The molecular weight excluding hydrogens is 461 g/mol. The van der Waals surface area contributed by atoms with Crippen molar-refractivity contribution in [3.05, 3.63) is 35.9 Å². The van der Waals surface area contributed by atoms with Gasteiger partial charge in [0.25, 0.3) is 0 Å². The first kappa shape index (κ1) is 23.4. The Balaban J connectivity index is 0.00000280. The van der Waals surface area contributed by atoms with E-state index in [1.807, 2.05) is 7.05 Å². The number of nitrogens with zero attached hydrogens (tertiary/aromatic N) is 3. The molecule has 28 heavy (non-hydrogen) atoms. The van der Waals surface area contributed by atoms with E-state index in [1.165, 1.54) is 63.7 Å². The highest BCUT2D eigenvalue weighted by Crippen LogP contribution is 2.14. The van der Waals surface area contributed by atoms with E-state index in [-0.39, 0.29) is 24.0 Å². The van der Waals surface area contributed by atoms with E-state index in [4.69, 9.17) is 0 Å². The Kier molecular flexibility index (Phi) is 11.2. The second-order valence-corrected chi connectivity index (χ2v) is 7.94. The second-order valence-electron chi connectivity index (χ2n) is 7.94. The quantitative estimate of drug-likeness (QED) is 0.249. The smallest absolute Gasteiger partial charge is 0.191 e. The molecule has 2 N–H and O–H groups in total. The van der Waals surface area contributed by atoms with Crippen LogP contribution in [0.5, 0.6) is 0 Å². The normalized spacial score (nSPS) is 19.4. The fourth-order valence-electron chi connectivity index (χ4n) is 4.14. The average Bonchev–Trinajstić information content (AvgIpc) is 3.22. The molecule has 0 aromatic heterocycles. The zero-order chi connectivity index (χ0) is 18.7. The Morgan fingerprint density at radius 3 is 2.39 bits per heavy atom. The highest BCUT2D eigenvalue weighted by atomic mass is 127. The Labute approximate surface area is 188 Å². The van der Waals surface area contributed by atoms with Crippen molar-refractivity contribution in [2.75, 3.05) is 46.3 Å². The fraction of sp³-hybridized carbons (Fsp3) is 0.682. The van der Waals surface area contributed by atoms with E-state index in [9.17, 15) is 0 Å². The molecule has 0 radical (unpaired) electrons. The van der Waals surface area contributed by atoms with Gasteiger partial charge >= 0.3 is 0 Å². The largest absolute Gasteiger partial charge is 0.356 e. The molecule has 6 heteroatoms. The summed E-state index contributed by atoms with van der Waals surface area (Å²) in [7, 11) is 1.88. The molecule has 2 fully saturated rings. The van der Waals surface area contributed by atoms with E-state index in [0.717, 1.165) is 32.1 Å². The molecule has 0 atom stereocenters. The zero-order valence-corrected chi connectivity index (χ0v) is 19.7. The minimum atomic E-state index is 0. The summed E-state index contributed by atoms with van der Waals surface area (Å²) in [6.45, 7) is 8.25.